The molecule has 1 aromatic carbocycles. The van der Waals surface area contributed by atoms with Crippen LogP contribution in [0.2, 0.25) is 5.02 Å². The molecular formula is C15H15ClO4. The highest BCUT2D eigenvalue weighted by atomic mass is 35.5. The van der Waals surface area contributed by atoms with Crippen molar-refractivity contribution in [2.45, 2.75) is 20.0 Å². The summed E-state index contributed by atoms with van der Waals surface area (Å²) >= 11 is 5.77. The summed E-state index contributed by atoms with van der Waals surface area (Å²) in [6.07, 6.45) is 2.03. The largest absolute Gasteiger partial charge is 0.462 e. The van der Waals surface area contributed by atoms with Crippen LogP contribution in [0, 0.1) is 5.41 Å². The van der Waals surface area contributed by atoms with E-state index in [-0.39, 0.29) is 6.61 Å². The molecule has 0 amide bonds. The zero-order valence-electron chi connectivity index (χ0n) is 11.3. The van der Waals surface area contributed by atoms with Gasteiger partial charge in [0.15, 0.2) is 0 Å². The van der Waals surface area contributed by atoms with Gasteiger partial charge in [-0.3, -0.25) is 0 Å². The van der Waals surface area contributed by atoms with E-state index in [1.165, 1.54) is 6.08 Å². The number of halogens is 1. The van der Waals surface area contributed by atoms with Crippen molar-refractivity contribution in [3.8, 4) is 0 Å². The molecule has 106 valence electrons. The molecule has 1 fully saturated rings. The number of carbonyl (C=O) groups is 2. The Labute approximate surface area is 122 Å². The van der Waals surface area contributed by atoms with Crippen molar-refractivity contribution < 1.29 is 19.1 Å². The SMILES string of the molecule is CC1(C)COC(=O)[C@@H]1OC(=O)C=Cc1ccc(Cl)cc1. The molecule has 0 bridgehead atoms. The molecule has 0 aliphatic carbocycles. The third kappa shape index (κ3) is 3.39. The van der Waals surface area contributed by atoms with Crippen LogP contribution in [0.3, 0.4) is 0 Å². The van der Waals surface area contributed by atoms with E-state index in [4.69, 9.17) is 21.1 Å². The zero-order valence-corrected chi connectivity index (χ0v) is 12.0. The van der Waals surface area contributed by atoms with Crippen LogP contribution >= 0.6 is 11.6 Å². The van der Waals surface area contributed by atoms with Gasteiger partial charge < -0.3 is 9.47 Å². The van der Waals surface area contributed by atoms with Crippen molar-refractivity contribution in [1.29, 1.82) is 0 Å². The zero-order chi connectivity index (χ0) is 14.8. The molecule has 1 aliphatic heterocycles. The third-order valence-corrected chi connectivity index (χ3v) is 3.28. The number of esters is 2. The second kappa shape index (κ2) is 5.67. The smallest absolute Gasteiger partial charge is 0.348 e. The predicted molar refractivity (Wildman–Crippen MR) is 75.1 cm³/mol. The fourth-order valence-corrected chi connectivity index (χ4v) is 1.95. The Kier molecular flexibility index (Phi) is 4.14. The first-order valence-corrected chi connectivity index (χ1v) is 6.57. The Morgan fingerprint density at radius 3 is 2.60 bits per heavy atom. The first kappa shape index (κ1) is 14.6. The van der Waals surface area contributed by atoms with Crippen LogP contribution in [0.15, 0.2) is 30.3 Å². The second-order valence-electron chi connectivity index (χ2n) is 5.30. The number of hydrogen-bond donors (Lipinski definition) is 0. The van der Waals surface area contributed by atoms with E-state index in [1.807, 2.05) is 13.8 Å². The molecule has 0 aromatic heterocycles. The van der Waals surface area contributed by atoms with Crippen LogP contribution in [0.4, 0.5) is 0 Å². The highest BCUT2D eigenvalue weighted by Crippen LogP contribution is 2.31. The normalized spacial score (nSPS) is 20.9. The lowest BCUT2D eigenvalue weighted by molar-refractivity contribution is -0.159. The fourth-order valence-electron chi connectivity index (χ4n) is 1.83. The van der Waals surface area contributed by atoms with Crippen molar-refractivity contribution in [2.75, 3.05) is 6.61 Å². The minimum absolute atomic E-state index is 0.255. The lowest BCUT2D eigenvalue weighted by Gasteiger charge is -2.20. The Hall–Kier alpha value is -1.81. The van der Waals surface area contributed by atoms with Gasteiger partial charge in [0.1, 0.15) is 6.61 Å². The summed E-state index contributed by atoms with van der Waals surface area (Å²) in [7, 11) is 0. The first-order valence-electron chi connectivity index (χ1n) is 6.19. The molecule has 0 N–H and O–H groups in total. The van der Waals surface area contributed by atoms with Gasteiger partial charge in [-0.2, -0.15) is 0 Å². The summed E-state index contributed by atoms with van der Waals surface area (Å²) in [5, 5.41) is 0.625. The standard InChI is InChI=1S/C15H15ClO4/c1-15(2)9-19-14(18)13(15)20-12(17)8-5-10-3-6-11(16)7-4-10/h3-8,13H,9H2,1-2H3/t13-/m0/s1. The summed E-state index contributed by atoms with van der Waals surface area (Å²) < 4.78 is 10.1. The van der Waals surface area contributed by atoms with Gasteiger partial charge in [-0.15, -0.1) is 0 Å². The Balaban J connectivity index is 1.99. The fraction of sp³-hybridized carbons (Fsp3) is 0.333. The summed E-state index contributed by atoms with van der Waals surface area (Å²) in [5.41, 5.74) is 0.320. The van der Waals surface area contributed by atoms with Crippen molar-refractivity contribution >= 4 is 29.6 Å². The molecule has 2 rings (SSSR count). The van der Waals surface area contributed by atoms with Crippen LogP contribution in [-0.4, -0.2) is 24.6 Å². The van der Waals surface area contributed by atoms with Gasteiger partial charge in [-0.25, -0.2) is 9.59 Å². The molecule has 0 saturated carbocycles. The van der Waals surface area contributed by atoms with Crippen molar-refractivity contribution in [3.63, 3.8) is 0 Å². The van der Waals surface area contributed by atoms with Gasteiger partial charge in [-0.1, -0.05) is 37.6 Å². The summed E-state index contributed by atoms with van der Waals surface area (Å²) in [6.45, 7) is 3.89. The molecule has 1 aliphatic rings. The maximum atomic E-state index is 11.7. The van der Waals surface area contributed by atoms with Crippen molar-refractivity contribution in [3.05, 3.63) is 40.9 Å². The van der Waals surface area contributed by atoms with Gasteiger partial charge in [0, 0.05) is 16.5 Å². The molecule has 0 spiro atoms. The van der Waals surface area contributed by atoms with Gasteiger partial charge >= 0.3 is 11.9 Å². The number of benzene rings is 1. The van der Waals surface area contributed by atoms with E-state index in [0.29, 0.717) is 5.02 Å². The Bertz CT molecular complexity index is 545. The minimum Gasteiger partial charge on any atom is -0.462 e. The van der Waals surface area contributed by atoms with Gasteiger partial charge in [0.2, 0.25) is 6.10 Å². The molecular weight excluding hydrogens is 280 g/mol. The van der Waals surface area contributed by atoms with E-state index >= 15 is 0 Å². The Morgan fingerprint density at radius 2 is 2.05 bits per heavy atom. The lowest BCUT2D eigenvalue weighted by atomic mass is 9.90. The van der Waals surface area contributed by atoms with E-state index in [1.54, 1.807) is 30.3 Å². The molecule has 1 atom stereocenters. The second-order valence-corrected chi connectivity index (χ2v) is 5.73. The quantitative estimate of drug-likeness (QED) is 0.635. The van der Waals surface area contributed by atoms with Gasteiger partial charge in [-0.05, 0) is 23.8 Å². The van der Waals surface area contributed by atoms with E-state index < -0.39 is 23.5 Å². The number of carbonyl (C=O) groups excluding carboxylic acids is 2. The highest BCUT2D eigenvalue weighted by molar-refractivity contribution is 6.30. The van der Waals surface area contributed by atoms with E-state index in [9.17, 15) is 9.59 Å². The molecule has 1 aromatic rings. The van der Waals surface area contributed by atoms with Crippen LogP contribution in [0.5, 0.6) is 0 Å². The predicted octanol–water partition coefficient (Wildman–Crippen LogP) is 2.85. The lowest BCUT2D eigenvalue weighted by Crippen LogP contribution is -2.34. The van der Waals surface area contributed by atoms with E-state index in [2.05, 4.69) is 0 Å². The van der Waals surface area contributed by atoms with Crippen LogP contribution in [0.1, 0.15) is 19.4 Å². The molecule has 4 nitrogen and oxygen atoms in total. The van der Waals surface area contributed by atoms with Crippen LogP contribution < -0.4 is 0 Å². The van der Waals surface area contributed by atoms with Crippen LogP contribution in [-0.2, 0) is 19.1 Å². The summed E-state index contributed by atoms with van der Waals surface area (Å²) in [5.74, 6) is -1.07. The highest BCUT2D eigenvalue weighted by Gasteiger charge is 2.46. The number of cyclic esters (lactones) is 1. The van der Waals surface area contributed by atoms with Crippen molar-refractivity contribution in [2.24, 2.45) is 5.41 Å². The van der Waals surface area contributed by atoms with Crippen LogP contribution in [0.25, 0.3) is 6.08 Å². The number of ether oxygens (including phenoxy) is 2. The minimum atomic E-state index is -0.857. The van der Waals surface area contributed by atoms with Gasteiger partial charge in [0.05, 0.1) is 0 Å². The van der Waals surface area contributed by atoms with Crippen molar-refractivity contribution in [1.82, 2.24) is 0 Å². The first-order chi connectivity index (χ1) is 9.38. The Morgan fingerprint density at radius 1 is 1.40 bits per heavy atom. The van der Waals surface area contributed by atoms with E-state index in [0.717, 1.165) is 5.56 Å². The van der Waals surface area contributed by atoms with Gasteiger partial charge in [0.25, 0.3) is 0 Å². The summed E-state index contributed by atoms with van der Waals surface area (Å²) in [6, 6.07) is 7.01. The molecule has 1 saturated heterocycles. The summed E-state index contributed by atoms with van der Waals surface area (Å²) in [4.78, 5) is 23.2. The average molecular weight is 295 g/mol. The topological polar surface area (TPSA) is 52.6 Å². The number of hydrogen-bond acceptors (Lipinski definition) is 4. The maximum absolute atomic E-state index is 11.7. The average Bonchev–Trinajstić information content (AvgIpc) is 2.65. The molecule has 0 radical (unpaired) electrons. The molecule has 20 heavy (non-hydrogen) atoms. The maximum Gasteiger partial charge on any atom is 0.348 e. The monoisotopic (exact) mass is 294 g/mol. The molecule has 5 heteroatoms. The number of rotatable bonds is 3. The third-order valence-electron chi connectivity index (χ3n) is 3.03. The molecule has 1 heterocycles. The molecule has 0 unspecified atom stereocenters.